The van der Waals surface area contributed by atoms with E-state index in [4.69, 9.17) is 18.6 Å². The van der Waals surface area contributed by atoms with E-state index in [0.717, 1.165) is 0 Å². The van der Waals surface area contributed by atoms with E-state index >= 15 is 0 Å². The maximum absolute atomic E-state index is 12.3. The largest absolute Gasteiger partial charge is 0.497 e. The molecule has 0 unspecified atom stereocenters. The van der Waals surface area contributed by atoms with Crippen molar-refractivity contribution in [3.8, 4) is 11.5 Å². The lowest BCUT2D eigenvalue weighted by Gasteiger charge is -2.15. The number of amides is 2. The Morgan fingerprint density at radius 3 is 2.76 bits per heavy atom. The molecule has 2 amide bonds. The topological polar surface area (TPSA) is 107 Å². The molecule has 1 aromatic heterocycles. The summed E-state index contributed by atoms with van der Waals surface area (Å²) in [5.41, 5.74) is 0.426. The number of nitrogens with zero attached hydrogens (tertiary/aromatic N) is 1. The highest BCUT2D eigenvalue weighted by Crippen LogP contribution is 2.29. The molecule has 1 saturated heterocycles. The van der Waals surface area contributed by atoms with Crippen molar-refractivity contribution in [1.82, 2.24) is 4.90 Å². The van der Waals surface area contributed by atoms with Crippen molar-refractivity contribution >= 4 is 23.5 Å². The average Bonchev–Trinajstić information content (AvgIpc) is 3.36. The zero-order valence-corrected chi connectivity index (χ0v) is 16.2. The third kappa shape index (κ3) is 5.07. The van der Waals surface area contributed by atoms with E-state index in [1.165, 1.54) is 25.4 Å². The summed E-state index contributed by atoms with van der Waals surface area (Å²) in [4.78, 5) is 38.0. The molecule has 2 heterocycles. The van der Waals surface area contributed by atoms with Gasteiger partial charge in [0.15, 0.2) is 6.61 Å². The number of hydrogen-bond donors (Lipinski definition) is 1. The van der Waals surface area contributed by atoms with Gasteiger partial charge in [-0.25, -0.2) is 0 Å². The zero-order chi connectivity index (χ0) is 20.8. The fourth-order valence-corrected chi connectivity index (χ4v) is 3.02. The van der Waals surface area contributed by atoms with Crippen molar-refractivity contribution in [3.05, 3.63) is 42.4 Å². The van der Waals surface area contributed by atoms with Gasteiger partial charge in [0.25, 0.3) is 5.91 Å². The molecule has 2 aromatic rings. The summed E-state index contributed by atoms with van der Waals surface area (Å²) < 4.78 is 20.6. The van der Waals surface area contributed by atoms with E-state index in [1.807, 2.05) is 0 Å². The van der Waals surface area contributed by atoms with Gasteiger partial charge in [0.1, 0.15) is 17.3 Å². The molecule has 0 aliphatic carbocycles. The molecule has 1 aliphatic rings. The van der Waals surface area contributed by atoms with Crippen LogP contribution < -0.4 is 14.8 Å². The quantitative estimate of drug-likeness (QED) is 0.671. The molecule has 0 radical (unpaired) electrons. The minimum Gasteiger partial charge on any atom is -0.497 e. The van der Waals surface area contributed by atoms with Crippen LogP contribution in [0.2, 0.25) is 0 Å². The van der Waals surface area contributed by atoms with Crippen LogP contribution in [0.15, 0.2) is 41.0 Å². The molecule has 9 heteroatoms. The van der Waals surface area contributed by atoms with Gasteiger partial charge < -0.3 is 28.8 Å². The average molecular weight is 402 g/mol. The zero-order valence-electron chi connectivity index (χ0n) is 16.2. The second-order valence-corrected chi connectivity index (χ2v) is 6.48. The summed E-state index contributed by atoms with van der Waals surface area (Å²) in [6.07, 6.45) is 1.57. The lowest BCUT2D eigenvalue weighted by molar-refractivity contribution is -0.151. The van der Waals surface area contributed by atoms with E-state index in [9.17, 15) is 14.4 Å². The Morgan fingerprint density at radius 2 is 2.07 bits per heavy atom. The van der Waals surface area contributed by atoms with E-state index in [0.29, 0.717) is 29.5 Å². The fourth-order valence-electron chi connectivity index (χ4n) is 3.02. The number of rotatable bonds is 8. The predicted octanol–water partition coefficient (Wildman–Crippen LogP) is 1.83. The molecule has 0 bridgehead atoms. The van der Waals surface area contributed by atoms with Crippen molar-refractivity contribution in [2.45, 2.75) is 13.0 Å². The van der Waals surface area contributed by atoms with Crippen LogP contribution >= 0.6 is 0 Å². The van der Waals surface area contributed by atoms with E-state index in [2.05, 4.69) is 5.32 Å². The first-order chi connectivity index (χ1) is 14.0. The fraction of sp³-hybridized carbons (Fsp3) is 0.350. The molecule has 0 saturated carbocycles. The number of ether oxygens (including phenoxy) is 3. The van der Waals surface area contributed by atoms with Crippen LogP contribution in [0.5, 0.6) is 11.5 Å². The minimum absolute atomic E-state index is 0.0491. The molecule has 154 valence electrons. The Hall–Kier alpha value is -3.49. The van der Waals surface area contributed by atoms with Crippen LogP contribution in [0.1, 0.15) is 12.2 Å². The van der Waals surface area contributed by atoms with Gasteiger partial charge in [-0.3, -0.25) is 14.4 Å². The van der Waals surface area contributed by atoms with E-state index < -0.39 is 24.4 Å². The van der Waals surface area contributed by atoms with Gasteiger partial charge in [0.2, 0.25) is 5.91 Å². The Kier molecular flexibility index (Phi) is 6.38. The predicted molar refractivity (Wildman–Crippen MR) is 101 cm³/mol. The Bertz CT molecular complexity index is 879. The summed E-state index contributed by atoms with van der Waals surface area (Å²) in [5, 5.41) is 2.62. The summed E-state index contributed by atoms with van der Waals surface area (Å²) in [6, 6.07) is 8.41. The van der Waals surface area contributed by atoms with Crippen LogP contribution in [-0.4, -0.2) is 50.1 Å². The molecule has 1 fully saturated rings. The molecule has 9 nitrogen and oxygen atoms in total. The van der Waals surface area contributed by atoms with E-state index in [-0.39, 0.29) is 18.9 Å². The molecule has 3 rings (SSSR count). The van der Waals surface area contributed by atoms with Crippen molar-refractivity contribution in [1.29, 1.82) is 0 Å². The molecule has 1 N–H and O–H groups in total. The molecule has 0 spiro atoms. The highest BCUT2D eigenvalue weighted by molar-refractivity contribution is 5.95. The van der Waals surface area contributed by atoms with Crippen LogP contribution in [0, 0.1) is 5.92 Å². The minimum atomic E-state index is -0.610. The maximum atomic E-state index is 12.3. The highest BCUT2D eigenvalue weighted by atomic mass is 16.5. The smallest absolute Gasteiger partial charge is 0.311 e. The molecule has 1 aliphatic heterocycles. The van der Waals surface area contributed by atoms with Gasteiger partial charge in [-0.05, 0) is 24.3 Å². The summed E-state index contributed by atoms with van der Waals surface area (Å²) >= 11 is 0. The molecular weight excluding hydrogens is 380 g/mol. The van der Waals surface area contributed by atoms with Crippen LogP contribution in [-0.2, 0) is 25.7 Å². The second kappa shape index (κ2) is 9.13. The van der Waals surface area contributed by atoms with Gasteiger partial charge in [0, 0.05) is 19.0 Å². The van der Waals surface area contributed by atoms with Gasteiger partial charge in [0.05, 0.1) is 38.6 Å². The molecular formula is C20H22N2O7. The number of benzene rings is 1. The van der Waals surface area contributed by atoms with Crippen LogP contribution in [0.4, 0.5) is 5.69 Å². The maximum Gasteiger partial charge on any atom is 0.311 e. The van der Waals surface area contributed by atoms with Gasteiger partial charge in [-0.2, -0.15) is 0 Å². The monoisotopic (exact) mass is 402 g/mol. The van der Waals surface area contributed by atoms with Gasteiger partial charge >= 0.3 is 5.97 Å². The summed E-state index contributed by atoms with van der Waals surface area (Å²) in [6.45, 7) is 0.0660. The van der Waals surface area contributed by atoms with Gasteiger partial charge in [-0.15, -0.1) is 0 Å². The number of carbonyl (C=O) groups excluding carboxylic acids is 3. The van der Waals surface area contributed by atoms with Crippen molar-refractivity contribution < 1.29 is 33.0 Å². The first kappa shape index (κ1) is 20.2. The second-order valence-electron chi connectivity index (χ2n) is 6.48. The number of carbonyl (C=O) groups is 3. The van der Waals surface area contributed by atoms with Crippen LogP contribution in [0.25, 0.3) is 0 Å². The number of hydrogen-bond acceptors (Lipinski definition) is 7. The third-order valence-electron chi connectivity index (χ3n) is 4.50. The summed E-state index contributed by atoms with van der Waals surface area (Å²) in [5.74, 6) is -0.234. The van der Waals surface area contributed by atoms with Crippen LogP contribution in [0.3, 0.4) is 0 Å². The first-order valence-corrected chi connectivity index (χ1v) is 8.99. The number of nitrogens with one attached hydrogen (secondary N) is 1. The lowest BCUT2D eigenvalue weighted by Crippen LogP contribution is -2.28. The Morgan fingerprint density at radius 1 is 1.24 bits per heavy atom. The Labute approximate surface area is 167 Å². The highest BCUT2D eigenvalue weighted by Gasteiger charge is 2.35. The number of methoxy groups -OCH3 is 2. The third-order valence-corrected chi connectivity index (χ3v) is 4.50. The standard InChI is InChI=1S/C20H22N2O7/c1-26-14-5-6-16(17(9-14)27-2)21-18(23)12-29-20(25)13-8-19(24)22(10-13)11-15-4-3-7-28-15/h3-7,9,13H,8,10-12H2,1-2H3,(H,21,23)/t13-/m1/s1. The first-order valence-electron chi connectivity index (χ1n) is 8.99. The Balaban J connectivity index is 1.49. The van der Waals surface area contributed by atoms with Crippen molar-refractivity contribution in [2.75, 3.05) is 32.7 Å². The van der Waals surface area contributed by atoms with Gasteiger partial charge in [-0.1, -0.05) is 0 Å². The number of esters is 1. The SMILES string of the molecule is COc1ccc(NC(=O)COC(=O)[C@@H]2CC(=O)N(Cc3ccco3)C2)c(OC)c1. The normalized spacial score (nSPS) is 15.9. The van der Waals surface area contributed by atoms with E-state index in [1.54, 1.807) is 30.3 Å². The molecule has 29 heavy (non-hydrogen) atoms. The number of likely N-dealkylation sites (tertiary alicyclic amines) is 1. The number of anilines is 1. The lowest BCUT2D eigenvalue weighted by atomic mass is 10.1. The summed E-state index contributed by atoms with van der Waals surface area (Å²) in [7, 11) is 2.99. The molecule has 1 aromatic carbocycles. The number of furan rings is 1. The van der Waals surface area contributed by atoms with Crippen molar-refractivity contribution in [3.63, 3.8) is 0 Å². The van der Waals surface area contributed by atoms with Crippen molar-refractivity contribution in [2.24, 2.45) is 5.92 Å². The molecule has 1 atom stereocenters.